The van der Waals surface area contributed by atoms with Crippen LogP contribution in [0.4, 0.5) is 4.79 Å². The molecule has 1 aliphatic carbocycles. The average Bonchev–Trinajstić information content (AvgIpc) is 3.57. The highest BCUT2D eigenvalue weighted by atomic mass is 16.6. The number of ether oxygens (including phenoxy) is 4. The van der Waals surface area contributed by atoms with Crippen LogP contribution in [-0.2, 0) is 18.9 Å². The monoisotopic (exact) mass is 446 g/mol. The Hall–Kier alpha value is -1.83. The van der Waals surface area contributed by atoms with Crippen molar-refractivity contribution >= 4 is 6.09 Å². The normalized spacial score (nSPS) is 36.6. The number of epoxide rings is 2. The summed E-state index contributed by atoms with van der Waals surface area (Å²) in [5.41, 5.74) is 1.68. The number of rotatable bonds is 8. The molecule has 2 aliphatic heterocycles. The molecule has 7 heteroatoms. The minimum absolute atomic E-state index is 0.0198. The average molecular weight is 447 g/mol. The van der Waals surface area contributed by atoms with Gasteiger partial charge in [0.1, 0.15) is 23.4 Å². The molecule has 1 unspecified atom stereocenters. The minimum Gasteiger partial charge on any atom is -0.443 e. The second kappa shape index (κ2) is 8.84. The molecule has 2 saturated heterocycles. The maximum atomic E-state index is 12.9. The molecule has 1 aromatic rings. The van der Waals surface area contributed by atoms with Gasteiger partial charge in [-0.2, -0.15) is 0 Å². The summed E-state index contributed by atoms with van der Waals surface area (Å²) in [7, 11) is 1.69. The second-order valence-electron chi connectivity index (χ2n) is 10.3. The van der Waals surface area contributed by atoms with Crippen LogP contribution < -0.4 is 5.32 Å². The van der Waals surface area contributed by atoms with E-state index < -0.39 is 6.09 Å². The Balaban J connectivity index is 1.46. The number of hydrogen-bond donors (Lipinski definition) is 2. The lowest BCUT2D eigenvalue weighted by molar-refractivity contribution is -0.118. The van der Waals surface area contributed by atoms with Crippen LogP contribution in [0.2, 0.25) is 0 Å². The third-order valence-corrected chi connectivity index (χ3v) is 7.39. The van der Waals surface area contributed by atoms with E-state index in [9.17, 15) is 4.79 Å². The van der Waals surface area contributed by atoms with Gasteiger partial charge in [0.05, 0.1) is 24.7 Å². The molecule has 0 radical (unpaired) electrons. The molecule has 1 amide bonds. The molecule has 7 atom stereocenters. The first-order valence-corrected chi connectivity index (χ1v) is 11.8. The highest BCUT2D eigenvalue weighted by Crippen LogP contribution is 2.59. The van der Waals surface area contributed by atoms with Gasteiger partial charge in [-0.25, -0.2) is 4.79 Å². The van der Waals surface area contributed by atoms with Gasteiger partial charge >= 0.3 is 6.09 Å². The smallest absolute Gasteiger partial charge is 0.408 e. The molecule has 1 aromatic heterocycles. The predicted molar refractivity (Wildman–Crippen MR) is 121 cm³/mol. The van der Waals surface area contributed by atoms with Crippen LogP contribution in [0.1, 0.15) is 65.6 Å². The predicted octanol–water partition coefficient (Wildman–Crippen LogP) is 4.51. The van der Waals surface area contributed by atoms with Crippen molar-refractivity contribution in [3.63, 3.8) is 0 Å². The Labute approximate surface area is 191 Å². The first kappa shape index (κ1) is 23.3. The van der Waals surface area contributed by atoms with Gasteiger partial charge < -0.3 is 29.2 Å². The summed E-state index contributed by atoms with van der Waals surface area (Å²) in [5.74, 6) is 0.239. The van der Waals surface area contributed by atoms with Gasteiger partial charge in [-0.15, -0.1) is 0 Å². The highest BCUT2D eigenvalue weighted by molar-refractivity contribution is 5.68. The van der Waals surface area contributed by atoms with Gasteiger partial charge in [-0.1, -0.05) is 25.5 Å². The van der Waals surface area contributed by atoms with Gasteiger partial charge in [0.25, 0.3) is 0 Å². The summed E-state index contributed by atoms with van der Waals surface area (Å²) in [5, 5.41) is 3.04. The Bertz CT molecular complexity index is 827. The van der Waals surface area contributed by atoms with Crippen LogP contribution in [0.25, 0.3) is 0 Å². The molecular weight excluding hydrogens is 408 g/mol. The summed E-state index contributed by atoms with van der Waals surface area (Å²) in [6.07, 6.45) is 5.60. The van der Waals surface area contributed by atoms with E-state index in [0.717, 1.165) is 18.5 Å². The van der Waals surface area contributed by atoms with Crippen molar-refractivity contribution in [2.75, 3.05) is 13.7 Å². The van der Waals surface area contributed by atoms with E-state index in [4.69, 9.17) is 18.9 Å². The van der Waals surface area contributed by atoms with Crippen LogP contribution in [0.3, 0.4) is 0 Å². The Kier molecular flexibility index (Phi) is 6.45. The van der Waals surface area contributed by atoms with Crippen molar-refractivity contribution in [1.82, 2.24) is 10.3 Å². The number of nitrogens with one attached hydrogen (secondary N) is 2. The molecule has 2 N–H and O–H groups in total. The van der Waals surface area contributed by atoms with Gasteiger partial charge in [0, 0.05) is 19.0 Å². The van der Waals surface area contributed by atoms with Crippen LogP contribution in [0.5, 0.6) is 0 Å². The third-order valence-electron chi connectivity index (χ3n) is 7.39. The number of carbonyl (C=O) groups is 1. The number of amides is 1. The standard InChI is InChI=1S/C25H38N2O5/c1-15(2)9-10-19-24(5,32-19)22-21(29-6)18(11-12-25(22)14-30-25)31-23(28)27-20(16(3)4)17-8-7-13-26-17/h7-9,13,16,18-22,26H,10-12,14H2,1-6H3,(H,27,28)/t18-,19-,20+,21-,22?,24+,25+/m1/s1. The molecule has 0 aromatic carbocycles. The van der Waals surface area contributed by atoms with Crippen LogP contribution in [0, 0.1) is 11.8 Å². The number of aromatic nitrogens is 1. The Morgan fingerprint density at radius 1 is 1.41 bits per heavy atom. The molecule has 4 rings (SSSR count). The van der Waals surface area contributed by atoms with Gasteiger partial charge in [0.15, 0.2) is 0 Å². The van der Waals surface area contributed by atoms with Crippen molar-refractivity contribution in [2.24, 2.45) is 11.8 Å². The van der Waals surface area contributed by atoms with E-state index in [2.05, 4.69) is 51.0 Å². The quantitative estimate of drug-likeness (QED) is 0.453. The SMILES string of the molecule is CO[C@H]1C([C@@]2(C)O[C@@H]2CC=C(C)C)[C@]2(CC[C@H]1OC(=O)N[C@H](c1ccc[nH]1)C(C)C)CO2. The largest absolute Gasteiger partial charge is 0.443 e. The van der Waals surface area contributed by atoms with Gasteiger partial charge in [0.2, 0.25) is 0 Å². The van der Waals surface area contributed by atoms with E-state index in [0.29, 0.717) is 13.0 Å². The van der Waals surface area contributed by atoms with Gasteiger partial charge in [-0.05, 0) is 58.1 Å². The number of aromatic amines is 1. The molecule has 3 heterocycles. The fraction of sp³-hybridized carbons (Fsp3) is 0.720. The molecular formula is C25H38N2O5. The Morgan fingerprint density at radius 2 is 2.16 bits per heavy atom. The lowest BCUT2D eigenvalue weighted by Crippen LogP contribution is -2.56. The van der Waals surface area contributed by atoms with Crippen LogP contribution in [-0.4, -0.2) is 54.3 Å². The minimum atomic E-state index is -0.417. The zero-order valence-corrected chi connectivity index (χ0v) is 20.1. The van der Waals surface area contributed by atoms with E-state index in [1.165, 1.54) is 5.57 Å². The summed E-state index contributed by atoms with van der Waals surface area (Å²) >= 11 is 0. The third kappa shape index (κ3) is 4.47. The molecule has 0 bridgehead atoms. The lowest BCUT2D eigenvalue weighted by Gasteiger charge is -2.42. The molecule has 32 heavy (non-hydrogen) atoms. The molecule has 178 valence electrons. The molecule has 1 saturated carbocycles. The van der Waals surface area contributed by atoms with Crippen LogP contribution in [0.15, 0.2) is 30.0 Å². The zero-order valence-electron chi connectivity index (χ0n) is 20.1. The summed E-state index contributed by atoms with van der Waals surface area (Å²) in [6, 6.07) is 3.77. The number of carbonyl (C=O) groups excluding carboxylic acids is 1. The fourth-order valence-electron chi connectivity index (χ4n) is 5.51. The first-order valence-electron chi connectivity index (χ1n) is 11.8. The van der Waals surface area contributed by atoms with Crippen molar-refractivity contribution in [3.05, 3.63) is 35.7 Å². The summed E-state index contributed by atoms with van der Waals surface area (Å²) in [4.78, 5) is 16.1. The molecule has 7 nitrogen and oxygen atoms in total. The number of H-pyrrole nitrogens is 1. The maximum Gasteiger partial charge on any atom is 0.408 e. The molecule has 3 fully saturated rings. The first-order chi connectivity index (χ1) is 15.2. The second-order valence-corrected chi connectivity index (χ2v) is 10.3. The lowest BCUT2D eigenvalue weighted by atomic mass is 9.68. The van der Waals surface area contributed by atoms with E-state index in [1.807, 2.05) is 18.3 Å². The Morgan fingerprint density at radius 3 is 2.72 bits per heavy atom. The topological polar surface area (TPSA) is 88.4 Å². The van der Waals surface area contributed by atoms with Crippen molar-refractivity contribution in [1.29, 1.82) is 0 Å². The van der Waals surface area contributed by atoms with Crippen molar-refractivity contribution < 1.29 is 23.7 Å². The number of allylic oxidation sites excluding steroid dienone is 1. The van der Waals surface area contributed by atoms with Gasteiger partial charge in [-0.3, -0.25) is 0 Å². The fourth-order valence-corrected chi connectivity index (χ4v) is 5.51. The van der Waals surface area contributed by atoms with Crippen molar-refractivity contribution in [2.45, 2.75) is 89.4 Å². The molecule has 3 aliphatic rings. The molecule has 1 spiro atoms. The summed E-state index contributed by atoms with van der Waals surface area (Å²) in [6.45, 7) is 11.2. The maximum absolute atomic E-state index is 12.9. The number of methoxy groups -OCH3 is 1. The zero-order chi connectivity index (χ0) is 23.1. The van der Waals surface area contributed by atoms with E-state index in [1.54, 1.807) is 7.11 Å². The highest BCUT2D eigenvalue weighted by Gasteiger charge is 2.72. The van der Waals surface area contributed by atoms with E-state index >= 15 is 0 Å². The van der Waals surface area contributed by atoms with E-state index in [-0.39, 0.29) is 47.4 Å². The number of alkyl carbamates (subject to hydrolysis) is 1. The van der Waals surface area contributed by atoms with Crippen LogP contribution >= 0.6 is 0 Å². The summed E-state index contributed by atoms with van der Waals surface area (Å²) < 4.78 is 24.2. The van der Waals surface area contributed by atoms with Crippen molar-refractivity contribution in [3.8, 4) is 0 Å². The number of hydrogen-bond acceptors (Lipinski definition) is 5.